The van der Waals surface area contributed by atoms with E-state index in [0.29, 0.717) is 13.0 Å². The standard InChI is InChI=1S/C14H16N2O2/c1-2-4-14(17)16-10-11-6-7-12(15-9-11)13-5-3-8-18-13/h3,5-9H,2,4,10H2,1H3,(H,16,17). The molecule has 0 spiro atoms. The van der Waals surface area contributed by atoms with Crippen molar-refractivity contribution in [3.8, 4) is 11.5 Å². The first-order valence-electron chi connectivity index (χ1n) is 6.05. The number of furan rings is 1. The van der Waals surface area contributed by atoms with E-state index in [9.17, 15) is 4.79 Å². The lowest BCUT2D eigenvalue weighted by molar-refractivity contribution is -0.121. The van der Waals surface area contributed by atoms with Gasteiger partial charge in [-0.1, -0.05) is 13.0 Å². The number of nitrogens with one attached hydrogen (secondary N) is 1. The lowest BCUT2D eigenvalue weighted by atomic mass is 10.2. The molecule has 0 saturated carbocycles. The van der Waals surface area contributed by atoms with Gasteiger partial charge in [-0.2, -0.15) is 0 Å². The fraction of sp³-hybridized carbons (Fsp3) is 0.286. The van der Waals surface area contributed by atoms with Crippen LogP contribution in [0.2, 0.25) is 0 Å². The van der Waals surface area contributed by atoms with E-state index in [2.05, 4.69) is 10.3 Å². The van der Waals surface area contributed by atoms with Gasteiger partial charge in [0.05, 0.1) is 6.26 Å². The summed E-state index contributed by atoms with van der Waals surface area (Å²) < 4.78 is 5.26. The second-order valence-corrected chi connectivity index (χ2v) is 4.06. The van der Waals surface area contributed by atoms with Crippen molar-refractivity contribution in [2.45, 2.75) is 26.3 Å². The van der Waals surface area contributed by atoms with Crippen molar-refractivity contribution >= 4 is 5.91 Å². The first-order chi connectivity index (χ1) is 8.79. The Bertz CT molecular complexity index is 489. The van der Waals surface area contributed by atoms with Crippen molar-refractivity contribution in [2.24, 2.45) is 0 Å². The van der Waals surface area contributed by atoms with Crippen LogP contribution in [0.15, 0.2) is 41.1 Å². The molecule has 0 fully saturated rings. The highest BCUT2D eigenvalue weighted by molar-refractivity contribution is 5.75. The SMILES string of the molecule is CCCC(=O)NCc1ccc(-c2ccco2)nc1. The number of carbonyl (C=O) groups is 1. The molecule has 0 aliphatic rings. The molecule has 0 aromatic carbocycles. The van der Waals surface area contributed by atoms with E-state index in [1.807, 2.05) is 31.2 Å². The summed E-state index contributed by atoms with van der Waals surface area (Å²) in [6.45, 7) is 2.50. The first kappa shape index (κ1) is 12.4. The Balaban J connectivity index is 1.94. The average molecular weight is 244 g/mol. The molecule has 1 amide bonds. The summed E-state index contributed by atoms with van der Waals surface area (Å²) in [5.41, 5.74) is 1.78. The highest BCUT2D eigenvalue weighted by Crippen LogP contribution is 2.16. The van der Waals surface area contributed by atoms with Crippen LogP contribution in [0.1, 0.15) is 25.3 Å². The van der Waals surface area contributed by atoms with Crippen LogP contribution in [0, 0.1) is 0 Å². The van der Waals surface area contributed by atoms with E-state index >= 15 is 0 Å². The summed E-state index contributed by atoms with van der Waals surface area (Å²) >= 11 is 0. The Hall–Kier alpha value is -2.10. The number of nitrogens with zero attached hydrogens (tertiary/aromatic N) is 1. The number of aromatic nitrogens is 1. The third-order valence-corrected chi connectivity index (χ3v) is 2.57. The van der Waals surface area contributed by atoms with Crippen molar-refractivity contribution in [1.82, 2.24) is 10.3 Å². The monoisotopic (exact) mass is 244 g/mol. The van der Waals surface area contributed by atoms with Gasteiger partial charge in [0.25, 0.3) is 0 Å². The Morgan fingerprint density at radius 2 is 2.28 bits per heavy atom. The molecule has 0 radical (unpaired) electrons. The van der Waals surface area contributed by atoms with Gasteiger partial charge in [-0.3, -0.25) is 9.78 Å². The predicted molar refractivity (Wildman–Crippen MR) is 68.7 cm³/mol. The molecule has 2 rings (SSSR count). The van der Waals surface area contributed by atoms with Crippen LogP contribution >= 0.6 is 0 Å². The molecule has 0 bridgehead atoms. The summed E-state index contributed by atoms with van der Waals surface area (Å²) in [6, 6.07) is 7.53. The van der Waals surface area contributed by atoms with Gasteiger partial charge in [-0.05, 0) is 30.2 Å². The number of pyridine rings is 1. The molecule has 4 nitrogen and oxygen atoms in total. The normalized spacial score (nSPS) is 10.3. The number of hydrogen-bond acceptors (Lipinski definition) is 3. The number of rotatable bonds is 5. The van der Waals surface area contributed by atoms with E-state index < -0.39 is 0 Å². The lowest BCUT2D eigenvalue weighted by Gasteiger charge is -2.04. The summed E-state index contributed by atoms with van der Waals surface area (Å²) in [5, 5.41) is 2.85. The quantitative estimate of drug-likeness (QED) is 0.879. The fourth-order valence-electron chi connectivity index (χ4n) is 1.62. The van der Waals surface area contributed by atoms with E-state index in [1.54, 1.807) is 12.5 Å². The van der Waals surface area contributed by atoms with Crippen molar-refractivity contribution in [2.75, 3.05) is 0 Å². The third kappa shape index (κ3) is 3.20. The summed E-state index contributed by atoms with van der Waals surface area (Å²) in [4.78, 5) is 15.6. The highest BCUT2D eigenvalue weighted by Gasteiger charge is 2.03. The molecule has 2 aromatic heterocycles. The van der Waals surface area contributed by atoms with Gasteiger partial charge in [0, 0.05) is 19.2 Å². The Kier molecular flexibility index (Phi) is 4.12. The smallest absolute Gasteiger partial charge is 0.220 e. The van der Waals surface area contributed by atoms with Gasteiger partial charge in [-0.15, -0.1) is 0 Å². The van der Waals surface area contributed by atoms with Gasteiger partial charge in [0.2, 0.25) is 5.91 Å². The third-order valence-electron chi connectivity index (χ3n) is 2.57. The Morgan fingerprint density at radius 3 is 2.89 bits per heavy atom. The zero-order valence-electron chi connectivity index (χ0n) is 10.3. The number of hydrogen-bond donors (Lipinski definition) is 1. The molecular formula is C14H16N2O2. The van der Waals surface area contributed by atoms with Crippen LogP contribution in [0.5, 0.6) is 0 Å². The summed E-state index contributed by atoms with van der Waals surface area (Å²) in [6.07, 6.45) is 4.80. The zero-order valence-corrected chi connectivity index (χ0v) is 10.3. The van der Waals surface area contributed by atoms with Crippen molar-refractivity contribution < 1.29 is 9.21 Å². The second kappa shape index (κ2) is 6.00. The average Bonchev–Trinajstić information content (AvgIpc) is 2.91. The summed E-state index contributed by atoms with van der Waals surface area (Å²) in [7, 11) is 0. The minimum absolute atomic E-state index is 0.0765. The molecule has 0 saturated heterocycles. The van der Waals surface area contributed by atoms with Gasteiger partial charge in [0.1, 0.15) is 5.69 Å². The maximum Gasteiger partial charge on any atom is 0.220 e. The molecule has 0 aliphatic carbocycles. The largest absolute Gasteiger partial charge is 0.463 e. The van der Waals surface area contributed by atoms with Crippen LogP contribution in [-0.4, -0.2) is 10.9 Å². The molecule has 0 atom stereocenters. The molecule has 2 heterocycles. The van der Waals surface area contributed by atoms with Crippen LogP contribution in [0.4, 0.5) is 0 Å². The van der Waals surface area contributed by atoms with E-state index in [-0.39, 0.29) is 5.91 Å². The Morgan fingerprint density at radius 1 is 1.39 bits per heavy atom. The predicted octanol–water partition coefficient (Wildman–Crippen LogP) is 2.76. The maximum atomic E-state index is 11.3. The highest BCUT2D eigenvalue weighted by atomic mass is 16.3. The van der Waals surface area contributed by atoms with Crippen molar-refractivity contribution in [3.05, 3.63) is 42.3 Å². The van der Waals surface area contributed by atoms with Crippen LogP contribution < -0.4 is 5.32 Å². The van der Waals surface area contributed by atoms with E-state index in [0.717, 1.165) is 23.4 Å². The van der Waals surface area contributed by atoms with E-state index in [1.165, 1.54) is 0 Å². The topological polar surface area (TPSA) is 55.1 Å². The molecule has 1 N–H and O–H groups in total. The van der Waals surface area contributed by atoms with Crippen molar-refractivity contribution in [1.29, 1.82) is 0 Å². The van der Waals surface area contributed by atoms with Gasteiger partial charge in [-0.25, -0.2) is 0 Å². The minimum Gasteiger partial charge on any atom is -0.463 e. The summed E-state index contributed by atoms with van der Waals surface area (Å²) in [5.74, 6) is 0.823. The molecule has 4 heteroatoms. The van der Waals surface area contributed by atoms with Crippen LogP contribution in [-0.2, 0) is 11.3 Å². The Labute approximate surface area is 106 Å². The minimum atomic E-state index is 0.0765. The maximum absolute atomic E-state index is 11.3. The molecule has 0 unspecified atom stereocenters. The fourth-order valence-corrected chi connectivity index (χ4v) is 1.62. The van der Waals surface area contributed by atoms with Crippen LogP contribution in [0.3, 0.4) is 0 Å². The molecule has 0 aliphatic heterocycles. The van der Waals surface area contributed by atoms with Gasteiger partial charge in [0.15, 0.2) is 5.76 Å². The van der Waals surface area contributed by atoms with Gasteiger partial charge >= 0.3 is 0 Å². The number of amides is 1. The molecule has 2 aromatic rings. The second-order valence-electron chi connectivity index (χ2n) is 4.06. The molecule has 18 heavy (non-hydrogen) atoms. The first-order valence-corrected chi connectivity index (χ1v) is 6.05. The van der Waals surface area contributed by atoms with Crippen molar-refractivity contribution in [3.63, 3.8) is 0 Å². The zero-order chi connectivity index (χ0) is 12.8. The molecular weight excluding hydrogens is 228 g/mol. The van der Waals surface area contributed by atoms with Gasteiger partial charge < -0.3 is 9.73 Å². The molecule has 94 valence electrons. The lowest BCUT2D eigenvalue weighted by Crippen LogP contribution is -2.22. The van der Waals surface area contributed by atoms with E-state index in [4.69, 9.17) is 4.42 Å². The van der Waals surface area contributed by atoms with Crippen LogP contribution in [0.25, 0.3) is 11.5 Å². The number of carbonyl (C=O) groups excluding carboxylic acids is 1.